The highest BCUT2D eigenvalue weighted by atomic mass is 15.0. The predicted octanol–water partition coefficient (Wildman–Crippen LogP) is 2.92. The Hall–Kier alpha value is -0.0800. The van der Waals surface area contributed by atoms with Gasteiger partial charge in [0.05, 0.1) is 0 Å². The summed E-state index contributed by atoms with van der Waals surface area (Å²) in [5, 5.41) is 3.62. The van der Waals surface area contributed by atoms with Crippen LogP contribution in [0.5, 0.6) is 0 Å². The topological polar surface area (TPSA) is 38.0 Å². The highest BCUT2D eigenvalue weighted by Crippen LogP contribution is 2.60. The van der Waals surface area contributed by atoms with Gasteiger partial charge in [0.15, 0.2) is 0 Å². The Morgan fingerprint density at radius 2 is 1.50 bits per heavy atom. The molecule has 0 aliphatic heterocycles. The van der Waals surface area contributed by atoms with Gasteiger partial charge < -0.3 is 11.1 Å². The molecule has 3 N–H and O–H groups in total. The van der Waals surface area contributed by atoms with Gasteiger partial charge in [-0.05, 0) is 82.5 Å². The highest BCUT2D eigenvalue weighted by Gasteiger charge is 2.53. The van der Waals surface area contributed by atoms with Crippen molar-refractivity contribution < 1.29 is 0 Å². The first-order chi connectivity index (χ1) is 8.36. The van der Waals surface area contributed by atoms with Crippen molar-refractivity contribution >= 4 is 0 Å². The molecule has 4 aliphatic carbocycles. The zero-order valence-corrected chi connectivity index (χ0v) is 12.3. The average molecular weight is 250 g/mol. The average Bonchev–Trinajstić information content (AvgIpc) is 2.22. The maximum Gasteiger partial charge on any atom is 0.0223 e. The van der Waals surface area contributed by atoms with Crippen molar-refractivity contribution in [3.05, 3.63) is 0 Å². The van der Waals surface area contributed by atoms with Crippen LogP contribution in [-0.4, -0.2) is 18.1 Å². The molecule has 104 valence electrons. The Morgan fingerprint density at radius 1 is 1.06 bits per heavy atom. The number of nitrogens with two attached hydrogens (primary N) is 1. The fourth-order valence-corrected chi connectivity index (χ4v) is 5.26. The molecule has 1 atom stereocenters. The van der Waals surface area contributed by atoms with Crippen LogP contribution < -0.4 is 11.1 Å². The third kappa shape index (κ3) is 2.34. The zero-order chi connectivity index (χ0) is 13.0. The van der Waals surface area contributed by atoms with E-state index >= 15 is 0 Å². The summed E-state index contributed by atoms with van der Waals surface area (Å²) < 4.78 is 0. The van der Waals surface area contributed by atoms with Gasteiger partial charge >= 0.3 is 0 Å². The van der Waals surface area contributed by atoms with Crippen LogP contribution in [0.4, 0.5) is 0 Å². The van der Waals surface area contributed by atoms with Gasteiger partial charge in [0, 0.05) is 18.1 Å². The number of rotatable bonds is 3. The van der Waals surface area contributed by atoms with Crippen LogP contribution in [0, 0.1) is 23.2 Å². The Balaban J connectivity index is 1.67. The Kier molecular flexibility index (Phi) is 3.02. The minimum absolute atomic E-state index is 0.194. The second-order valence-corrected chi connectivity index (χ2v) is 8.52. The van der Waals surface area contributed by atoms with Gasteiger partial charge in [0.2, 0.25) is 0 Å². The zero-order valence-electron chi connectivity index (χ0n) is 12.3. The standard InChI is InChI=1S/C16H30N2/c1-15(2,3)18-10-14(17)16-7-11-4-12(8-16)6-13(5-11)9-16/h11-14,18H,4-10,17H2,1-3H3. The van der Waals surface area contributed by atoms with E-state index in [0.717, 1.165) is 24.3 Å². The van der Waals surface area contributed by atoms with Gasteiger partial charge in [-0.3, -0.25) is 0 Å². The quantitative estimate of drug-likeness (QED) is 0.808. The maximum atomic E-state index is 6.62. The van der Waals surface area contributed by atoms with Crippen LogP contribution in [0.15, 0.2) is 0 Å². The molecular formula is C16H30N2. The molecule has 0 radical (unpaired) electrons. The molecule has 0 aromatic heterocycles. The molecular weight excluding hydrogens is 220 g/mol. The molecule has 2 nitrogen and oxygen atoms in total. The van der Waals surface area contributed by atoms with E-state index in [1.807, 2.05) is 0 Å². The van der Waals surface area contributed by atoms with Crippen molar-refractivity contribution in [3.8, 4) is 0 Å². The summed E-state index contributed by atoms with van der Waals surface area (Å²) in [6.07, 6.45) is 8.81. The van der Waals surface area contributed by atoms with Gasteiger partial charge in [-0.15, -0.1) is 0 Å². The van der Waals surface area contributed by atoms with Crippen molar-refractivity contribution in [2.75, 3.05) is 6.54 Å². The van der Waals surface area contributed by atoms with Gasteiger partial charge in [-0.1, -0.05) is 0 Å². The molecule has 4 rings (SSSR count). The van der Waals surface area contributed by atoms with Crippen molar-refractivity contribution in [1.82, 2.24) is 5.32 Å². The normalized spacial score (nSPS) is 44.3. The van der Waals surface area contributed by atoms with Crippen molar-refractivity contribution in [2.45, 2.75) is 70.9 Å². The van der Waals surface area contributed by atoms with E-state index < -0.39 is 0 Å². The van der Waals surface area contributed by atoms with Gasteiger partial charge in [0.25, 0.3) is 0 Å². The smallest absolute Gasteiger partial charge is 0.0223 e. The molecule has 4 fully saturated rings. The van der Waals surface area contributed by atoms with Crippen LogP contribution in [-0.2, 0) is 0 Å². The molecule has 4 aliphatic rings. The highest BCUT2D eigenvalue weighted by molar-refractivity contribution is 5.06. The fourth-order valence-electron chi connectivity index (χ4n) is 5.26. The number of hydrogen-bond donors (Lipinski definition) is 2. The first-order valence-corrected chi connectivity index (χ1v) is 7.87. The Bertz CT molecular complexity index is 280. The molecule has 0 saturated heterocycles. The molecule has 0 aromatic rings. The summed E-state index contributed by atoms with van der Waals surface area (Å²) in [4.78, 5) is 0. The van der Waals surface area contributed by atoms with E-state index in [4.69, 9.17) is 5.73 Å². The summed E-state index contributed by atoms with van der Waals surface area (Å²) in [7, 11) is 0. The van der Waals surface area contributed by atoms with E-state index in [9.17, 15) is 0 Å². The lowest BCUT2D eigenvalue weighted by Crippen LogP contribution is -2.58. The van der Waals surface area contributed by atoms with E-state index in [0.29, 0.717) is 11.5 Å². The minimum Gasteiger partial charge on any atom is -0.326 e. The third-order valence-electron chi connectivity index (χ3n) is 5.72. The van der Waals surface area contributed by atoms with Gasteiger partial charge in [-0.25, -0.2) is 0 Å². The van der Waals surface area contributed by atoms with Gasteiger partial charge in [0.1, 0.15) is 0 Å². The van der Waals surface area contributed by atoms with E-state index in [1.165, 1.54) is 38.5 Å². The molecule has 0 spiro atoms. The lowest BCUT2D eigenvalue weighted by molar-refractivity contribution is -0.0670. The summed E-state index contributed by atoms with van der Waals surface area (Å²) in [6, 6.07) is 0.366. The summed E-state index contributed by atoms with van der Waals surface area (Å²) in [6.45, 7) is 7.70. The molecule has 1 unspecified atom stereocenters. The van der Waals surface area contributed by atoms with Crippen LogP contribution in [0.1, 0.15) is 59.3 Å². The molecule has 2 heteroatoms. The first-order valence-electron chi connectivity index (χ1n) is 7.87. The second-order valence-electron chi connectivity index (χ2n) is 8.52. The summed E-state index contributed by atoms with van der Waals surface area (Å²) in [5.41, 5.74) is 7.30. The number of nitrogens with one attached hydrogen (secondary N) is 1. The molecule has 18 heavy (non-hydrogen) atoms. The number of hydrogen-bond acceptors (Lipinski definition) is 2. The first kappa shape index (κ1) is 12.9. The predicted molar refractivity (Wildman–Crippen MR) is 76.3 cm³/mol. The van der Waals surface area contributed by atoms with Crippen LogP contribution >= 0.6 is 0 Å². The lowest BCUT2D eigenvalue weighted by atomic mass is 9.48. The molecule has 4 bridgehead atoms. The van der Waals surface area contributed by atoms with Crippen LogP contribution in [0.2, 0.25) is 0 Å². The monoisotopic (exact) mass is 250 g/mol. The van der Waals surface area contributed by atoms with Crippen molar-refractivity contribution in [2.24, 2.45) is 28.9 Å². The van der Waals surface area contributed by atoms with Crippen molar-refractivity contribution in [3.63, 3.8) is 0 Å². The molecule has 0 aromatic carbocycles. The Labute approximate surface area is 112 Å². The van der Waals surface area contributed by atoms with Gasteiger partial charge in [-0.2, -0.15) is 0 Å². The fraction of sp³-hybridized carbons (Fsp3) is 1.00. The van der Waals surface area contributed by atoms with Crippen LogP contribution in [0.3, 0.4) is 0 Å². The molecule has 0 heterocycles. The SMILES string of the molecule is CC(C)(C)NCC(N)C12CC3CC(CC(C3)C1)C2. The lowest BCUT2D eigenvalue weighted by Gasteiger charge is -2.59. The largest absolute Gasteiger partial charge is 0.326 e. The second kappa shape index (κ2) is 4.21. The molecule has 0 amide bonds. The molecule has 4 saturated carbocycles. The Morgan fingerprint density at radius 3 is 1.89 bits per heavy atom. The maximum absolute atomic E-state index is 6.62. The summed E-state index contributed by atoms with van der Waals surface area (Å²) in [5.74, 6) is 3.03. The summed E-state index contributed by atoms with van der Waals surface area (Å²) >= 11 is 0. The van der Waals surface area contributed by atoms with E-state index in [1.54, 1.807) is 0 Å². The van der Waals surface area contributed by atoms with E-state index in [2.05, 4.69) is 26.1 Å². The van der Waals surface area contributed by atoms with Crippen LogP contribution in [0.25, 0.3) is 0 Å². The van der Waals surface area contributed by atoms with Crippen molar-refractivity contribution in [1.29, 1.82) is 0 Å². The third-order valence-corrected chi connectivity index (χ3v) is 5.72. The van der Waals surface area contributed by atoms with E-state index in [-0.39, 0.29) is 5.54 Å². The minimum atomic E-state index is 0.194.